The van der Waals surface area contributed by atoms with Gasteiger partial charge < -0.3 is 0 Å². The molecule has 1 aliphatic carbocycles. The summed E-state index contributed by atoms with van der Waals surface area (Å²) in [4.78, 5) is 51.5. The van der Waals surface area contributed by atoms with Gasteiger partial charge in [0.15, 0.2) is 5.78 Å². The molecule has 1 saturated heterocycles. The van der Waals surface area contributed by atoms with Crippen molar-refractivity contribution in [2.75, 3.05) is 9.80 Å². The molecule has 0 radical (unpaired) electrons. The van der Waals surface area contributed by atoms with Crippen molar-refractivity contribution in [3.05, 3.63) is 83.0 Å². The number of nitrogens with zero attached hydrogens (tertiary/aromatic N) is 5. The van der Waals surface area contributed by atoms with Crippen LogP contribution in [-0.4, -0.2) is 39.5 Å². The van der Waals surface area contributed by atoms with Crippen LogP contribution in [-0.2, 0) is 14.4 Å². The van der Waals surface area contributed by atoms with Gasteiger partial charge in [-0.2, -0.15) is 5.26 Å². The Morgan fingerprint density at radius 3 is 2.63 bits per heavy atom. The van der Waals surface area contributed by atoms with Crippen LogP contribution >= 0.6 is 11.6 Å². The van der Waals surface area contributed by atoms with Crippen molar-refractivity contribution in [1.29, 1.82) is 5.26 Å². The Labute approximate surface area is 238 Å². The zero-order valence-electron chi connectivity index (χ0n) is 21.5. The molecule has 2 aromatic heterocycles. The highest BCUT2D eigenvalue weighted by atomic mass is 35.5. The Bertz CT molecular complexity index is 1550. The fourth-order valence-electron chi connectivity index (χ4n) is 5.40. The van der Waals surface area contributed by atoms with Gasteiger partial charge in [0.1, 0.15) is 23.7 Å². The van der Waals surface area contributed by atoms with Gasteiger partial charge >= 0.3 is 0 Å². The average Bonchev–Trinajstić information content (AvgIpc) is 3.32. The summed E-state index contributed by atoms with van der Waals surface area (Å²) in [5.74, 6) is -5.93. The number of aromatic nitrogens is 2. The van der Waals surface area contributed by atoms with E-state index in [9.17, 15) is 32.8 Å². The van der Waals surface area contributed by atoms with Crippen molar-refractivity contribution in [1.82, 2.24) is 9.97 Å². The molecule has 0 unspecified atom stereocenters. The fourth-order valence-corrected chi connectivity index (χ4v) is 5.64. The van der Waals surface area contributed by atoms with Gasteiger partial charge in [0, 0.05) is 48.5 Å². The number of hydrogen-bond acceptors (Lipinski definition) is 6. The topological polar surface area (TPSA) is 107 Å². The number of rotatable bonds is 8. The van der Waals surface area contributed by atoms with E-state index in [2.05, 4.69) is 9.97 Å². The van der Waals surface area contributed by atoms with Crippen LogP contribution in [0, 0.1) is 23.1 Å². The smallest absolute Gasteiger partial charge is 0.251 e. The number of carbonyl (C=O) groups excluding carboxylic acids is 3. The highest BCUT2D eigenvalue weighted by Gasteiger charge is 2.48. The number of halogens is 4. The summed E-state index contributed by atoms with van der Waals surface area (Å²) in [5, 5.41) is 9.46. The number of anilines is 2. The molecule has 5 rings (SSSR count). The number of ketones is 1. The minimum Gasteiger partial charge on any atom is -0.297 e. The highest BCUT2D eigenvalue weighted by Crippen LogP contribution is 2.46. The van der Waals surface area contributed by atoms with Gasteiger partial charge in [-0.25, -0.2) is 18.2 Å². The molecule has 1 aliphatic heterocycles. The van der Waals surface area contributed by atoms with Crippen LogP contribution in [0.5, 0.6) is 0 Å². The third-order valence-corrected chi connectivity index (χ3v) is 7.60. The lowest BCUT2D eigenvalue weighted by Gasteiger charge is -2.38. The molecule has 2 fully saturated rings. The minimum atomic E-state index is -2.86. The Hall–Kier alpha value is -4.30. The third-order valence-electron chi connectivity index (χ3n) is 7.25. The zero-order valence-corrected chi connectivity index (χ0v) is 22.3. The van der Waals surface area contributed by atoms with E-state index in [-0.39, 0.29) is 46.9 Å². The summed E-state index contributed by atoms with van der Waals surface area (Å²) in [6, 6.07) is 9.48. The van der Waals surface area contributed by atoms with Gasteiger partial charge in [-0.15, -0.1) is 0 Å². The van der Waals surface area contributed by atoms with E-state index < -0.39 is 60.2 Å². The monoisotopic (exact) mass is 581 g/mol. The number of pyridine rings is 2. The highest BCUT2D eigenvalue weighted by molar-refractivity contribution is 6.31. The molecule has 2 aliphatic rings. The van der Waals surface area contributed by atoms with E-state index >= 15 is 0 Å². The predicted octanol–water partition coefficient (Wildman–Crippen LogP) is 5.42. The third kappa shape index (κ3) is 5.79. The predicted molar refractivity (Wildman–Crippen MR) is 143 cm³/mol. The summed E-state index contributed by atoms with van der Waals surface area (Å²) in [7, 11) is 0. The van der Waals surface area contributed by atoms with Crippen molar-refractivity contribution >= 4 is 40.7 Å². The van der Waals surface area contributed by atoms with Crippen molar-refractivity contribution in [3.63, 3.8) is 0 Å². The molecule has 3 aromatic rings. The maximum Gasteiger partial charge on any atom is 0.251 e. The maximum absolute atomic E-state index is 14.5. The molecule has 41 heavy (non-hydrogen) atoms. The molecule has 12 heteroatoms. The first-order valence-electron chi connectivity index (χ1n) is 12.8. The average molecular weight is 582 g/mol. The van der Waals surface area contributed by atoms with Crippen LogP contribution in [0.1, 0.15) is 49.3 Å². The van der Waals surface area contributed by atoms with Crippen molar-refractivity contribution in [2.24, 2.45) is 5.92 Å². The van der Waals surface area contributed by atoms with Crippen molar-refractivity contribution in [3.8, 4) is 6.07 Å². The number of hydrogen-bond donors (Lipinski definition) is 0. The SMILES string of the molecule is N#Cc1ccnc(N2C(=O)CC[C@H]2C(=O)N(c2cncc(F)c2)[C@H](C(=O)CC2CC(F)(F)C2)c2ccccc2Cl)c1. The molecular weight excluding hydrogens is 559 g/mol. The van der Waals surface area contributed by atoms with Crippen LogP contribution in [0.4, 0.5) is 24.7 Å². The summed E-state index contributed by atoms with van der Waals surface area (Å²) in [6.07, 6.45) is 2.30. The molecule has 0 bridgehead atoms. The molecule has 1 saturated carbocycles. The van der Waals surface area contributed by atoms with Crippen LogP contribution in [0.25, 0.3) is 0 Å². The Balaban J connectivity index is 1.61. The number of amides is 2. The maximum atomic E-state index is 14.5. The number of benzene rings is 1. The van der Waals surface area contributed by atoms with E-state index in [1.165, 1.54) is 36.7 Å². The van der Waals surface area contributed by atoms with Gasteiger partial charge in [0.2, 0.25) is 11.8 Å². The molecule has 2 amide bonds. The Morgan fingerprint density at radius 1 is 1.20 bits per heavy atom. The van der Waals surface area contributed by atoms with Crippen LogP contribution in [0.15, 0.2) is 61.1 Å². The van der Waals surface area contributed by atoms with Gasteiger partial charge in [-0.3, -0.25) is 29.2 Å². The van der Waals surface area contributed by atoms with Crippen LogP contribution in [0.3, 0.4) is 0 Å². The Kier molecular flexibility index (Phi) is 7.78. The van der Waals surface area contributed by atoms with Gasteiger partial charge in [0.25, 0.3) is 5.91 Å². The molecule has 1 aromatic carbocycles. The van der Waals surface area contributed by atoms with Crippen LogP contribution < -0.4 is 9.80 Å². The first kappa shape index (κ1) is 28.2. The largest absolute Gasteiger partial charge is 0.297 e. The number of carbonyl (C=O) groups is 3. The molecular formula is C29H23ClF3N5O3. The normalized spacial score (nSPS) is 18.9. The zero-order chi connectivity index (χ0) is 29.3. The molecule has 2 atom stereocenters. The number of Topliss-reactive ketones (excluding diaryl/α,β-unsaturated/α-hetero) is 1. The molecule has 210 valence electrons. The van der Waals surface area contributed by atoms with E-state index in [0.29, 0.717) is 0 Å². The second-order valence-electron chi connectivity index (χ2n) is 10.1. The first-order valence-corrected chi connectivity index (χ1v) is 13.2. The molecule has 0 spiro atoms. The Morgan fingerprint density at radius 2 is 1.95 bits per heavy atom. The van der Waals surface area contributed by atoms with E-state index in [1.54, 1.807) is 12.1 Å². The van der Waals surface area contributed by atoms with E-state index in [1.807, 2.05) is 6.07 Å². The van der Waals surface area contributed by atoms with E-state index in [4.69, 9.17) is 11.6 Å². The summed E-state index contributed by atoms with van der Waals surface area (Å²) in [6.45, 7) is 0. The number of nitriles is 1. The second-order valence-corrected chi connectivity index (χ2v) is 10.5. The lowest BCUT2D eigenvalue weighted by Crippen LogP contribution is -2.51. The standard InChI is InChI=1S/C29H23ClF3N5O3/c30-22-4-2-1-3-21(22)27(24(39)9-18-12-29(32,33)13-18)37(20-11-19(31)15-35-16-20)28(41)23-5-6-26(40)38(23)25-10-17(14-34)7-8-36-25/h1-4,7-8,10-11,15-16,18,23,27H,5-6,9,12-13H2/t23-,27-/m0/s1. The summed E-state index contributed by atoms with van der Waals surface area (Å²) < 4.78 is 41.7. The lowest BCUT2D eigenvalue weighted by atomic mass is 9.77. The van der Waals surface area contributed by atoms with Gasteiger partial charge in [-0.05, 0) is 30.5 Å². The summed E-state index contributed by atoms with van der Waals surface area (Å²) >= 11 is 6.50. The molecule has 0 N–H and O–H groups in total. The van der Waals surface area contributed by atoms with Gasteiger partial charge in [0.05, 0.1) is 29.7 Å². The lowest BCUT2D eigenvalue weighted by molar-refractivity contribution is -0.135. The summed E-state index contributed by atoms with van der Waals surface area (Å²) in [5.41, 5.74) is 0.349. The molecule has 3 heterocycles. The minimum absolute atomic E-state index is 0.0219. The second kappa shape index (κ2) is 11.3. The molecule has 8 nitrogen and oxygen atoms in total. The van der Waals surface area contributed by atoms with E-state index in [0.717, 1.165) is 22.1 Å². The van der Waals surface area contributed by atoms with Crippen molar-refractivity contribution in [2.45, 2.75) is 50.1 Å². The first-order chi connectivity index (χ1) is 19.6. The van der Waals surface area contributed by atoms with Gasteiger partial charge in [-0.1, -0.05) is 29.8 Å². The fraction of sp³-hybridized carbons (Fsp3) is 0.310. The van der Waals surface area contributed by atoms with Crippen molar-refractivity contribution < 1.29 is 27.6 Å². The number of alkyl halides is 2. The quantitative estimate of drug-likeness (QED) is 0.352. The van der Waals surface area contributed by atoms with Crippen LogP contribution in [0.2, 0.25) is 5.02 Å².